The lowest BCUT2D eigenvalue weighted by atomic mass is 9.64. The summed E-state index contributed by atoms with van der Waals surface area (Å²) in [4.78, 5) is 0. The van der Waals surface area contributed by atoms with Crippen molar-refractivity contribution < 1.29 is 4.57 Å². The Bertz CT molecular complexity index is 1350. The molecule has 0 aliphatic carbocycles. The van der Waals surface area contributed by atoms with Crippen LogP contribution < -0.4 is 4.57 Å². The maximum Gasteiger partial charge on any atom is 0.295 e. The molecule has 0 amide bonds. The van der Waals surface area contributed by atoms with Crippen molar-refractivity contribution in [3.8, 4) is 11.1 Å². The lowest BCUT2D eigenvalue weighted by molar-refractivity contribution is -0.748. The average Bonchev–Trinajstić information content (AvgIpc) is 3.19. The summed E-state index contributed by atoms with van der Waals surface area (Å²) in [6, 6.07) is 17.3. The lowest BCUT2D eigenvalue weighted by Crippen LogP contribution is -2.62. The van der Waals surface area contributed by atoms with E-state index in [0.29, 0.717) is 0 Å². The third-order valence-corrected chi connectivity index (χ3v) is 7.53. The van der Waals surface area contributed by atoms with Gasteiger partial charge in [-0.25, -0.2) is 4.57 Å². The molecule has 0 unspecified atom stereocenters. The molecule has 0 radical (unpaired) electrons. The summed E-state index contributed by atoms with van der Waals surface area (Å²) < 4.78 is 4.85. The van der Waals surface area contributed by atoms with Crippen LogP contribution in [0.3, 0.4) is 0 Å². The van der Waals surface area contributed by atoms with Crippen LogP contribution in [0.5, 0.6) is 0 Å². The van der Waals surface area contributed by atoms with E-state index in [4.69, 9.17) is 0 Å². The number of imidazole rings is 1. The normalized spacial score (nSPS) is 18.2. The molecule has 1 aliphatic heterocycles. The van der Waals surface area contributed by atoms with E-state index in [2.05, 4.69) is 117 Å². The minimum Gasteiger partial charge on any atom is -0.224 e. The van der Waals surface area contributed by atoms with Crippen molar-refractivity contribution in [3.63, 3.8) is 0 Å². The Morgan fingerprint density at radius 2 is 1.70 bits per heavy atom. The molecule has 1 aliphatic rings. The number of rotatable bonds is 2. The Hall–Kier alpha value is -3.13. The number of aromatic nitrogens is 2. The van der Waals surface area contributed by atoms with Gasteiger partial charge in [-0.2, -0.15) is 4.40 Å². The number of hydrogen-bond donors (Lipinski definition) is 0. The van der Waals surface area contributed by atoms with Crippen LogP contribution in [-0.4, -0.2) is 4.40 Å². The smallest absolute Gasteiger partial charge is 0.224 e. The lowest BCUT2D eigenvalue weighted by Gasteiger charge is -2.44. The van der Waals surface area contributed by atoms with Crippen molar-refractivity contribution in [2.75, 3.05) is 0 Å². The molecule has 0 saturated heterocycles. The highest BCUT2D eigenvalue weighted by Gasteiger charge is 2.52. The molecule has 0 bridgehead atoms. The Morgan fingerprint density at radius 3 is 2.37 bits per heavy atom. The molecule has 2 aromatic carbocycles. The molecule has 4 aromatic rings. The molecule has 0 atom stereocenters. The van der Waals surface area contributed by atoms with Gasteiger partial charge in [0, 0.05) is 21.9 Å². The number of allylic oxidation sites excluding steroid dienone is 2. The Kier molecular flexibility index (Phi) is 3.89. The summed E-state index contributed by atoms with van der Waals surface area (Å²) in [5, 5.41) is 1.24. The molecule has 3 heterocycles. The zero-order valence-corrected chi connectivity index (χ0v) is 18.5. The van der Waals surface area contributed by atoms with Crippen LogP contribution in [0.1, 0.15) is 45.7 Å². The molecular weight excluding hydrogens is 364 g/mol. The highest BCUT2D eigenvalue weighted by atomic mass is 15.2. The summed E-state index contributed by atoms with van der Waals surface area (Å²) >= 11 is 0. The van der Waals surface area contributed by atoms with Gasteiger partial charge >= 0.3 is 0 Å². The van der Waals surface area contributed by atoms with Gasteiger partial charge in [0.25, 0.3) is 5.65 Å². The number of pyridine rings is 1. The van der Waals surface area contributed by atoms with Gasteiger partial charge in [-0.15, -0.1) is 0 Å². The maximum atomic E-state index is 4.24. The third kappa shape index (κ3) is 2.17. The molecule has 0 N–H and O–H groups in total. The molecule has 2 aromatic heterocycles. The predicted octanol–water partition coefficient (Wildman–Crippen LogP) is 6.87. The second-order valence-electron chi connectivity index (χ2n) is 9.31. The Morgan fingerprint density at radius 1 is 0.967 bits per heavy atom. The minimum absolute atomic E-state index is 0.0241. The quantitative estimate of drug-likeness (QED) is 0.329. The fourth-order valence-corrected chi connectivity index (χ4v) is 5.32. The van der Waals surface area contributed by atoms with Crippen LogP contribution in [0.4, 0.5) is 0 Å². The van der Waals surface area contributed by atoms with E-state index < -0.39 is 0 Å². The maximum absolute atomic E-state index is 4.24. The molecule has 30 heavy (non-hydrogen) atoms. The molecule has 0 saturated carbocycles. The molecule has 5 rings (SSSR count). The van der Waals surface area contributed by atoms with Gasteiger partial charge in [-0.3, -0.25) is 0 Å². The van der Waals surface area contributed by atoms with Gasteiger partial charge in [0.15, 0.2) is 0 Å². The minimum atomic E-state index is -0.0651. The zero-order chi connectivity index (χ0) is 21.3. The van der Waals surface area contributed by atoms with E-state index in [9.17, 15) is 0 Å². The topological polar surface area (TPSA) is 8.29 Å². The first kappa shape index (κ1) is 18.9. The van der Waals surface area contributed by atoms with Crippen molar-refractivity contribution in [1.82, 2.24) is 4.40 Å². The van der Waals surface area contributed by atoms with E-state index in [0.717, 1.165) is 0 Å². The number of benzene rings is 2. The monoisotopic (exact) mass is 393 g/mol. The second kappa shape index (κ2) is 6.18. The first-order chi connectivity index (χ1) is 14.3. The highest BCUT2D eigenvalue weighted by Crippen LogP contribution is 2.51. The summed E-state index contributed by atoms with van der Waals surface area (Å²) in [5.41, 5.74) is 8.79. The molecule has 150 valence electrons. The molecular formula is C28H29N2+. The van der Waals surface area contributed by atoms with Crippen LogP contribution in [-0.2, 0) is 5.54 Å². The van der Waals surface area contributed by atoms with Crippen LogP contribution in [0, 0.1) is 5.41 Å². The van der Waals surface area contributed by atoms with E-state index in [1.807, 2.05) is 6.08 Å². The zero-order valence-electron chi connectivity index (χ0n) is 18.5. The number of hydrogen-bond acceptors (Lipinski definition) is 0. The molecule has 2 nitrogen and oxygen atoms in total. The highest BCUT2D eigenvalue weighted by molar-refractivity contribution is 6.04. The Labute approximate surface area is 178 Å². The van der Waals surface area contributed by atoms with Gasteiger partial charge in [0.05, 0.1) is 5.56 Å². The fourth-order valence-electron chi connectivity index (χ4n) is 5.32. The summed E-state index contributed by atoms with van der Waals surface area (Å²) in [7, 11) is 0. The van der Waals surface area contributed by atoms with E-state index in [-0.39, 0.29) is 11.0 Å². The second-order valence-corrected chi connectivity index (χ2v) is 9.31. The number of nitrogens with zero attached hydrogens (tertiary/aromatic N) is 2. The van der Waals surface area contributed by atoms with Gasteiger partial charge < -0.3 is 0 Å². The van der Waals surface area contributed by atoms with E-state index >= 15 is 0 Å². The van der Waals surface area contributed by atoms with Gasteiger partial charge in [0.1, 0.15) is 23.4 Å². The van der Waals surface area contributed by atoms with Crippen LogP contribution in [0.25, 0.3) is 39.3 Å². The van der Waals surface area contributed by atoms with Crippen molar-refractivity contribution in [2.24, 2.45) is 5.41 Å². The molecule has 0 fully saturated rings. The third-order valence-electron chi connectivity index (χ3n) is 7.53. The van der Waals surface area contributed by atoms with Gasteiger partial charge in [0.2, 0.25) is 0 Å². The van der Waals surface area contributed by atoms with Crippen LogP contribution in [0.15, 0.2) is 73.6 Å². The fraction of sp³-hybridized carbons (Fsp3) is 0.250. The summed E-state index contributed by atoms with van der Waals surface area (Å²) in [6.45, 7) is 15.8. The van der Waals surface area contributed by atoms with Crippen molar-refractivity contribution >= 4 is 28.2 Å². The molecule has 0 spiro atoms. The summed E-state index contributed by atoms with van der Waals surface area (Å²) in [6.07, 6.45) is 8.83. The average molecular weight is 394 g/mol. The molecule has 2 heteroatoms. The SMILES string of the molecule is C=Cc1c2c3n(cc[n+]3C(C)(C)C(C)(C)/C2=C/C)c2c(-c3ccccc3)cccc12. The number of para-hydroxylation sites is 1. The largest absolute Gasteiger partial charge is 0.295 e. The van der Waals surface area contributed by atoms with Gasteiger partial charge in [-0.05, 0) is 31.9 Å². The van der Waals surface area contributed by atoms with E-state index in [1.54, 1.807) is 0 Å². The predicted molar refractivity (Wildman–Crippen MR) is 127 cm³/mol. The van der Waals surface area contributed by atoms with Crippen molar-refractivity contribution in [2.45, 2.75) is 40.2 Å². The van der Waals surface area contributed by atoms with Crippen LogP contribution in [0.2, 0.25) is 0 Å². The standard InChI is InChI=1S/C28H29N2/c1-7-20-22-16-12-15-21(19-13-10-9-11-14-19)25(22)29-17-18-30-26(29)24(20)23(8-2)27(3,4)28(30,5)6/h7-18H,1H2,2-6H3/q+1/b23-8+. The first-order valence-corrected chi connectivity index (χ1v) is 10.7. The summed E-state index contributed by atoms with van der Waals surface area (Å²) in [5.74, 6) is 0. The van der Waals surface area contributed by atoms with Gasteiger partial charge in [-0.1, -0.05) is 81.1 Å². The number of fused-ring (bicyclic) bond motifs is 2. The van der Waals surface area contributed by atoms with E-state index in [1.165, 1.54) is 44.4 Å². The Balaban J connectivity index is 2.06. The van der Waals surface area contributed by atoms with Crippen LogP contribution >= 0.6 is 0 Å². The van der Waals surface area contributed by atoms with Crippen molar-refractivity contribution in [3.05, 3.63) is 84.7 Å². The first-order valence-electron chi connectivity index (χ1n) is 10.7. The van der Waals surface area contributed by atoms with Crippen molar-refractivity contribution in [1.29, 1.82) is 0 Å².